The van der Waals surface area contributed by atoms with E-state index in [-0.39, 0.29) is 6.42 Å². The van der Waals surface area contributed by atoms with Crippen molar-refractivity contribution in [1.82, 2.24) is 5.48 Å². The molecule has 0 saturated heterocycles. The second kappa shape index (κ2) is 14.5. The van der Waals surface area contributed by atoms with E-state index >= 15 is 0 Å². The molecule has 0 spiro atoms. The number of hydroxylamine groups is 1. The van der Waals surface area contributed by atoms with Crippen molar-refractivity contribution in [3.63, 3.8) is 0 Å². The van der Waals surface area contributed by atoms with Gasteiger partial charge < -0.3 is 11.1 Å². The van der Waals surface area contributed by atoms with Gasteiger partial charge in [0.1, 0.15) is 0 Å². The maximum Gasteiger partial charge on any atom is 0.247 e. The van der Waals surface area contributed by atoms with E-state index in [2.05, 4.69) is 0 Å². The van der Waals surface area contributed by atoms with E-state index in [4.69, 9.17) is 16.4 Å². The van der Waals surface area contributed by atoms with Crippen LogP contribution in [0, 0.1) is 5.41 Å². The molecule has 1 aliphatic rings. The highest BCUT2D eigenvalue weighted by Gasteiger charge is 2.08. The number of carbonyl (C=O) groups is 1. The fourth-order valence-electron chi connectivity index (χ4n) is 2.30. The molecule has 0 heterocycles. The minimum absolute atomic E-state index is 0.124. The molecule has 0 bridgehead atoms. The Morgan fingerprint density at radius 3 is 1.96 bits per heavy atom. The third-order valence-electron chi connectivity index (χ3n) is 3.58. The first kappa shape index (κ1) is 21.9. The van der Waals surface area contributed by atoms with Crippen molar-refractivity contribution in [1.29, 1.82) is 5.41 Å². The molecule has 1 aromatic rings. The van der Waals surface area contributed by atoms with E-state index in [1.165, 1.54) is 44.0 Å². The van der Waals surface area contributed by atoms with Crippen LogP contribution in [0.25, 0.3) is 5.70 Å². The molecule has 0 unspecified atom stereocenters. The normalized spacial score (nSPS) is 14.0. The van der Waals surface area contributed by atoms with Crippen LogP contribution >= 0.6 is 0 Å². The number of benzene rings is 1. The molecule has 5 heteroatoms. The topological polar surface area (TPSA) is 99.2 Å². The third kappa shape index (κ3) is 9.10. The van der Waals surface area contributed by atoms with E-state index in [9.17, 15) is 4.79 Å². The summed E-state index contributed by atoms with van der Waals surface area (Å²) in [7, 11) is 0. The molecule has 2 rings (SSSR count). The van der Waals surface area contributed by atoms with Gasteiger partial charge in [0.25, 0.3) is 0 Å². The highest BCUT2D eigenvalue weighted by atomic mass is 16.5. The quantitative estimate of drug-likeness (QED) is 0.376. The van der Waals surface area contributed by atoms with Crippen LogP contribution in [0.4, 0.5) is 0 Å². The molecule has 0 aromatic heterocycles. The summed E-state index contributed by atoms with van der Waals surface area (Å²) in [4.78, 5) is 11.0. The fraction of sp³-hybridized carbons (Fsp3) is 0.474. The van der Waals surface area contributed by atoms with E-state index in [0.29, 0.717) is 11.3 Å². The second-order valence-electron chi connectivity index (χ2n) is 5.28. The van der Waals surface area contributed by atoms with Gasteiger partial charge in [0.05, 0.1) is 6.42 Å². The summed E-state index contributed by atoms with van der Waals surface area (Å²) >= 11 is 0. The summed E-state index contributed by atoms with van der Waals surface area (Å²) < 4.78 is 0. The number of nitrogens with one attached hydrogen (secondary N) is 2. The molecule has 1 fully saturated rings. The molecule has 5 nitrogen and oxygen atoms in total. The van der Waals surface area contributed by atoms with E-state index in [1.807, 2.05) is 32.0 Å². The SMILES string of the molecule is C1CCCCC1.CC.N=C/C(CC(=O)NO)=C(\N)c1ccccc1. The standard InChI is InChI=1S/C11H13N3O2.C6H12.C2H6/c12-7-9(6-10(15)14-16)11(13)8-4-2-1-3-5-8;1-2-4-6-5-3-1;1-2/h1-5,7,12,16H,6,13H2,(H,14,15);1-6H2;1-2H3/b11-9-,12-7?;;. The highest BCUT2D eigenvalue weighted by molar-refractivity contribution is 5.95. The summed E-state index contributed by atoms with van der Waals surface area (Å²) in [5, 5.41) is 15.6. The Labute approximate surface area is 145 Å². The molecule has 0 radical (unpaired) electrons. The van der Waals surface area contributed by atoms with Crippen molar-refractivity contribution < 1.29 is 10.0 Å². The zero-order chi connectivity index (χ0) is 18.2. The summed E-state index contributed by atoms with van der Waals surface area (Å²) in [6.45, 7) is 4.00. The molecular formula is C19H31N3O2. The van der Waals surface area contributed by atoms with Gasteiger partial charge in [-0.05, 0) is 5.56 Å². The summed E-state index contributed by atoms with van der Waals surface area (Å²) in [6, 6.07) is 9.05. The molecule has 0 atom stereocenters. The van der Waals surface area contributed by atoms with Crippen molar-refractivity contribution in [2.24, 2.45) is 5.73 Å². The molecule has 24 heavy (non-hydrogen) atoms. The first-order valence-electron chi connectivity index (χ1n) is 8.66. The van der Waals surface area contributed by atoms with Gasteiger partial charge in [-0.1, -0.05) is 82.7 Å². The van der Waals surface area contributed by atoms with Gasteiger partial charge in [-0.3, -0.25) is 10.0 Å². The Morgan fingerprint density at radius 2 is 1.58 bits per heavy atom. The van der Waals surface area contributed by atoms with Crippen LogP contribution < -0.4 is 11.2 Å². The Hall–Kier alpha value is -2.14. The van der Waals surface area contributed by atoms with Gasteiger partial charge in [-0.25, -0.2) is 5.48 Å². The lowest BCUT2D eigenvalue weighted by Crippen LogP contribution is -2.20. The van der Waals surface area contributed by atoms with Crippen molar-refractivity contribution in [3.05, 3.63) is 41.5 Å². The Morgan fingerprint density at radius 1 is 1.12 bits per heavy atom. The van der Waals surface area contributed by atoms with Gasteiger partial charge in [-0.15, -0.1) is 0 Å². The molecule has 134 valence electrons. The molecule has 0 aliphatic heterocycles. The fourth-order valence-corrected chi connectivity index (χ4v) is 2.30. The largest absolute Gasteiger partial charge is 0.398 e. The summed E-state index contributed by atoms with van der Waals surface area (Å²) in [5.41, 5.74) is 8.79. The highest BCUT2D eigenvalue weighted by Crippen LogP contribution is 2.15. The monoisotopic (exact) mass is 333 g/mol. The lowest BCUT2D eigenvalue weighted by Gasteiger charge is -2.06. The van der Waals surface area contributed by atoms with Crippen LogP contribution in [0.15, 0.2) is 35.9 Å². The molecule has 5 N–H and O–H groups in total. The first-order valence-corrected chi connectivity index (χ1v) is 8.66. The van der Waals surface area contributed by atoms with Crippen LogP contribution in [0.1, 0.15) is 64.4 Å². The van der Waals surface area contributed by atoms with Gasteiger partial charge in [0.15, 0.2) is 0 Å². The molecule has 1 amide bonds. The van der Waals surface area contributed by atoms with Gasteiger partial charge >= 0.3 is 0 Å². The molecule has 1 aliphatic carbocycles. The van der Waals surface area contributed by atoms with Crippen molar-refractivity contribution >= 4 is 17.8 Å². The van der Waals surface area contributed by atoms with Crippen molar-refractivity contribution in [2.75, 3.05) is 0 Å². The predicted molar refractivity (Wildman–Crippen MR) is 99.9 cm³/mol. The summed E-state index contributed by atoms with van der Waals surface area (Å²) in [5.74, 6) is -0.600. The van der Waals surface area contributed by atoms with Crippen LogP contribution in [0.3, 0.4) is 0 Å². The number of carbonyl (C=O) groups excluding carboxylic acids is 1. The Balaban J connectivity index is 0.000000547. The minimum atomic E-state index is -0.600. The van der Waals surface area contributed by atoms with Crippen LogP contribution in [-0.2, 0) is 4.79 Å². The lowest BCUT2D eigenvalue weighted by atomic mass is 10.0. The number of rotatable bonds is 4. The maximum atomic E-state index is 11.0. The van der Waals surface area contributed by atoms with Crippen molar-refractivity contribution in [3.8, 4) is 0 Å². The lowest BCUT2D eigenvalue weighted by molar-refractivity contribution is -0.128. The minimum Gasteiger partial charge on any atom is -0.398 e. The van der Waals surface area contributed by atoms with Gasteiger partial charge in [-0.2, -0.15) is 0 Å². The smallest absolute Gasteiger partial charge is 0.247 e. The third-order valence-corrected chi connectivity index (χ3v) is 3.58. The van der Waals surface area contributed by atoms with E-state index < -0.39 is 5.91 Å². The van der Waals surface area contributed by atoms with E-state index in [1.54, 1.807) is 12.1 Å². The second-order valence-corrected chi connectivity index (χ2v) is 5.28. The predicted octanol–water partition coefficient (Wildman–Crippen LogP) is 4.27. The van der Waals surface area contributed by atoms with Crippen LogP contribution in [0.2, 0.25) is 0 Å². The molecular weight excluding hydrogens is 302 g/mol. The van der Waals surface area contributed by atoms with Crippen molar-refractivity contribution in [2.45, 2.75) is 58.8 Å². The molecule has 1 aromatic carbocycles. The van der Waals surface area contributed by atoms with Gasteiger partial charge in [0, 0.05) is 17.5 Å². The summed E-state index contributed by atoms with van der Waals surface area (Å²) in [6.07, 6.45) is 9.89. The Bertz CT molecular complexity index is 483. The van der Waals surface area contributed by atoms with Crippen LogP contribution in [0.5, 0.6) is 0 Å². The number of amides is 1. The van der Waals surface area contributed by atoms with Gasteiger partial charge in [0.2, 0.25) is 5.91 Å². The average molecular weight is 333 g/mol. The van der Waals surface area contributed by atoms with E-state index in [0.717, 1.165) is 11.8 Å². The Kier molecular flexibility index (Phi) is 13.2. The molecule has 1 saturated carbocycles. The number of hydrogen-bond acceptors (Lipinski definition) is 4. The maximum absolute atomic E-state index is 11.0. The average Bonchev–Trinajstić information content (AvgIpc) is 2.69. The first-order chi connectivity index (χ1) is 11.7. The van der Waals surface area contributed by atoms with Crippen LogP contribution in [-0.4, -0.2) is 17.3 Å². The number of hydrogen-bond donors (Lipinski definition) is 4. The zero-order valence-corrected chi connectivity index (χ0v) is 14.8. The number of nitrogens with two attached hydrogens (primary N) is 1. The zero-order valence-electron chi connectivity index (χ0n) is 14.8.